The van der Waals surface area contributed by atoms with E-state index < -0.39 is 34.1 Å². The summed E-state index contributed by atoms with van der Waals surface area (Å²) in [5, 5.41) is 2.96. The van der Waals surface area contributed by atoms with Crippen LogP contribution in [0.1, 0.15) is 44.7 Å². The zero-order valence-corrected chi connectivity index (χ0v) is 19.7. The maximum Gasteiger partial charge on any atom is 0.304 e. The highest BCUT2D eigenvalue weighted by molar-refractivity contribution is 7.90. The van der Waals surface area contributed by atoms with E-state index in [4.69, 9.17) is 4.74 Å². The Morgan fingerprint density at radius 3 is 2.38 bits per heavy atom. The summed E-state index contributed by atoms with van der Waals surface area (Å²) in [5.74, 6) is -0.542. The van der Waals surface area contributed by atoms with Gasteiger partial charge in [0.05, 0.1) is 11.7 Å². The summed E-state index contributed by atoms with van der Waals surface area (Å²) in [4.78, 5) is 13.1. The molecule has 0 bridgehead atoms. The van der Waals surface area contributed by atoms with Gasteiger partial charge >= 0.3 is 10.2 Å². The van der Waals surface area contributed by atoms with Gasteiger partial charge in [0.15, 0.2) is 0 Å². The van der Waals surface area contributed by atoms with Gasteiger partial charge in [-0.15, -0.1) is 0 Å². The Hall–Kier alpha value is -2.65. The Morgan fingerprint density at radius 2 is 1.75 bits per heavy atom. The average Bonchev–Trinajstić information content (AvgIpc) is 2.77. The van der Waals surface area contributed by atoms with E-state index in [9.17, 15) is 17.6 Å². The summed E-state index contributed by atoms with van der Waals surface area (Å²) in [6, 6.07) is 12.7. The fourth-order valence-corrected chi connectivity index (χ4v) is 5.01. The molecular weight excluding hydrogens is 433 g/mol. The van der Waals surface area contributed by atoms with Crippen molar-refractivity contribution >= 4 is 21.8 Å². The summed E-state index contributed by atoms with van der Waals surface area (Å²) in [5.41, 5.74) is 0.235. The van der Waals surface area contributed by atoms with Crippen molar-refractivity contribution < 1.29 is 22.3 Å². The number of ether oxygens (including phenoxy) is 1. The number of fused-ring (bicyclic) bond motifs is 1. The Bertz CT molecular complexity index is 1070. The smallest absolute Gasteiger partial charge is 0.304 e. The number of rotatable bonds is 8. The number of carbonyl (C=O) groups is 1. The van der Waals surface area contributed by atoms with Crippen LogP contribution in [0, 0.1) is 5.82 Å². The molecule has 9 heteroatoms. The van der Waals surface area contributed by atoms with Crippen molar-refractivity contribution in [2.45, 2.75) is 44.8 Å². The van der Waals surface area contributed by atoms with Gasteiger partial charge < -0.3 is 10.1 Å². The molecule has 1 amide bonds. The number of nitrogens with zero attached hydrogens (tertiary/aromatic N) is 2. The number of hydrogen-bond acceptors (Lipinski definition) is 4. The van der Waals surface area contributed by atoms with E-state index in [1.165, 1.54) is 32.3 Å². The quantitative estimate of drug-likeness (QED) is 0.648. The molecule has 174 valence electrons. The highest BCUT2D eigenvalue weighted by Crippen LogP contribution is 2.42. The van der Waals surface area contributed by atoms with Crippen molar-refractivity contribution in [3.05, 3.63) is 59.9 Å². The third kappa shape index (κ3) is 4.73. The van der Waals surface area contributed by atoms with Gasteiger partial charge in [-0.05, 0) is 31.0 Å². The van der Waals surface area contributed by atoms with E-state index in [1.54, 1.807) is 0 Å². The highest BCUT2D eigenvalue weighted by Gasteiger charge is 2.39. The van der Waals surface area contributed by atoms with Crippen LogP contribution in [0.4, 0.5) is 10.1 Å². The summed E-state index contributed by atoms with van der Waals surface area (Å²) in [6.07, 6.45) is 2.09. The van der Waals surface area contributed by atoms with Crippen molar-refractivity contribution in [3.63, 3.8) is 0 Å². The first-order valence-electron chi connectivity index (χ1n) is 10.7. The van der Waals surface area contributed by atoms with Crippen LogP contribution in [0.25, 0.3) is 0 Å². The number of para-hydroxylation sites is 2. The maximum absolute atomic E-state index is 14.5. The predicted octanol–water partition coefficient (Wildman–Crippen LogP) is 3.64. The Kier molecular flexibility index (Phi) is 7.09. The van der Waals surface area contributed by atoms with Gasteiger partial charge in [-0.2, -0.15) is 12.7 Å². The minimum Gasteiger partial charge on any atom is -0.487 e. The van der Waals surface area contributed by atoms with Crippen LogP contribution in [0.15, 0.2) is 48.5 Å². The van der Waals surface area contributed by atoms with Gasteiger partial charge in [0.2, 0.25) is 5.91 Å². The molecule has 0 aromatic heterocycles. The van der Waals surface area contributed by atoms with Gasteiger partial charge in [-0.25, -0.2) is 8.70 Å². The molecule has 1 aliphatic rings. The Labute approximate surface area is 189 Å². The van der Waals surface area contributed by atoms with Crippen LogP contribution >= 0.6 is 0 Å². The van der Waals surface area contributed by atoms with E-state index in [0.29, 0.717) is 12.2 Å². The molecule has 0 saturated heterocycles. The molecule has 7 nitrogen and oxygen atoms in total. The second-order valence-corrected chi connectivity index (χ2v) is 10.2. The summed E-state index contributed by atoms with van der Waals surface area (Å²) < 4.78 is 48.2. The highest BCUT2D eigenvalue weighted by atomic mass is 32.2. The zero-order valence-electron chi connectivity index (χ0n) is 18.8. The first kappa shape index (κ1) is 24.0. The van der Waals surface area contributed by atoms with E-state index in [1.807, 2.05) is 38.1 Å². The minimum atomic E-state index is -4.10. The van der Waals surface area contributed by atoms with Gasteiger partial charge in [-0.1, -0.05) is 44.2 Å². The first-order valence-corrected chi connectivity index (χ1v) is 12.0. The van der Waals surface area contributed by atoms with Crippen molar-refractivity contribution in [2.75, 3.05) is 24.9 Å². The van der Waals surface area contributed by atoms with Crippen molar-refractivity contribution in [2.24, 2.45) is 0 Å². The lowest BCUT2D eigenvalue weighted by atomic mass is 9.83. The third-order valence-electron chi connectivity index (χ3n) is 5.97. The topological polar surface area (TPSA) is 79.0 Å². The molecule has 3 rings (SSSR count). The largest absolute Gasteiger partial charge is 0.487 e. The molecule has 0 fully saturated rings. The number of anilines is 1. The fraction of sp³-hybridized carbons (Fsp3) is 0.435. The van der Waals surface area contributed by atoms with Crippen molar-refractivity contribution in [1.82, 2.24) is 9.62 Å². The molecule has 2 aromatic carbocycles. The van der Waals surface area contributed by atoms with Crippen molar-refractivity contribution in [1.29, 1.82) is 0 Å². The molecular formula is C23H30FN3O4S. The number of amides is 1. The molecule has 0 aliphatic carbocycles. The molecule has 0 saturated carbocycles. The summed E-state index contributed by atoms with van der Waals surface area (Å²) in [7, 11) is -1.42. The van der Waals surface area contributed by atoms with Crippen LogP contribution in [0.3, 0.4) is 0 Å². The number of halogens is 1. The number of benzene rings is 2. The van der Waals surface area contributed by atoms with Gasteiger partial charge in [0.25, 0.3) is 0 Å². The first-order chi connectivity index (χ1) is 15.1. The number of hydrogen-bond donors (Lipinski definition) is 1. The lowest BCUT2D eigenvalue weighted by Crippen LogP contribution is -2.49. The molecule has 0 unspecified atom stereocenters. The summed E-state index contributed by atoms with van der Waals surface area (Å²) in [6.45, 7) is 3.53. The predicted molar refractivity (Wildman–Crippen MR) is 122 cm³/mol. The minimum absolute atomic E-state index is 0.180. The lowest BCUT2D eigenvalue weighted by Gasteiger charge is -2.41. The standard InChI is InChI=1S/C23H30FN3O4S/c1-5-23(6-2)15-19(17-11-7-10-14-21(17)31-23)25-22(28)16-27(32(29,30)26(3)4)20-13-9-8-12-18(20)24/h7-14,19H,5-6,15-16H2,1-4H3,(H,25,28)/t19-/m1/s1. The molecule has 1 aliphatic heterocycles. The summed E-state index contributed by atoms with van der Waals surface area (Å²) >= 11 is 0. The van der Waals surface area contributed by atoms with Crippen LogP contribution in [-0.2, 0) is 15.0 Å². The van der Waals surface area contributed by atoms with E-state index in [-0.39, 0.29) is 11.7 Å². The molecule has 1 atom stereocenters. The molecule has 32 heavy (non-hydrogen) atoms. The third-order valence-corrected chi connectivity index (χ3v) is 7.77. The molecule has 1 N–H and O–H groups in total. The van der Waals surface area contributed by atoms with Crippen molar-refractivity contribution in [3.8, 4) is 5.75 Å². The van der Waals surface area contributed by atoms with E-state index in [0.717, 1.165) is 33.1 Å². The monoisotopic (exact) mass is 463 g/mol. The molecule has 0 spiro atoms. The van der Waals surface area contributed by atoms with Gasteiger partial charge in [0.1, 0.15) is 23.7 Å². The fourth-order valence-electron chi connectivity index (χ4n) is 3.94. The number of carbonyl (C=O) groups excluding carboxylic acids is 1. The SMILES string of the molecule is CCC1(CC)C[C@@H](NC(=O)CN(c2ccccc2F)S(=O)(=O)N(C)C)c2ccccc2O1. The van der Waals surface area contributed by atoms with Gasteiger partial charge in [0, 0.05) is 26.1 Å². The van der Waals surface area contributed by atoms with E-state index >= 15 is 0 Å². The molecule has 1 heterocycles. The molecule has 2 aromatic rings. The average molecular weight is 464 g/mol. The second-order valence-electron chi connectivity index (χ2n) is 8.10. The Balaban J connectivity index is 1.90. The Morgan fingerprint density at radius 1 is 1.12 bits per heavy atom. The van der Waals surface area contributed by atoms with Gasteiger partial charge in [-0.3, -0.25) is 4.79 Å². The maximum atomic E-state index is 14.5. The van der Waals surface area contributed by atoms with Crippen LogP contribution in [0.2, 0.25) is 0 Å². The second kappa shape index (κ2) is 9.46. The lowest BCUT2D eigenvalue weighted by molar-refractivity contribution is -0.121. The normalized spacial score (nSPS) is 17.4. The molecule has 0 radical (unpaired) electrons. The van der Waals surface area contributed by atoms with Crippen LogP contribution in [0.5, 0.6) is 5.75 Å². The van der Waals surface area contributed by atoms with E-state index in [2.05, 4.69) is 5.32 Å². The van der Waals surface area contributed by atoms with Crippen LogP contribution < -0.4 is 14.4 Å². The zero-order chi connectivity index (χ0) is 23.5. The number of nitrogens with one attached hydrogen (secondary N) is 1. The van der Waals surface area contributed by atoms with Crippen LogP contribution in [-0.4, -0.2) is 44.9 Å².